The highest BCUT2D eigenvalue weighted by Gasteiger charge is 2.44. The summed E-state index contributed by atoms with van der Waals surface area (Å²) >= 11 is 0. The highest BCUT2D eigenvalue weighted by Crippen LogP contribution is 2.24. The third-order valence-electron chi connectivity index (χ3n) is 3.28. The summed E-state index contributed by atoms with van der Waals surface area (Å²) in [5.41, 5.74) is 0.688. The van der Waals surface area contributed by atoms with Crippen LogP contribution in [0, 0.1) is 0 Å². The fraction of sp³-hybridized carbons (Fsp3) is 0.357. The fourth-order valence-corrected chi connectivity index (χ4v) is 2.25. The molecule has 6 heteroatoms. The van der Waals surface area contributed by atoms with Gasteiger partial charge in [-0.1, -0.05) is 37.3 Å². The SMILES string of the molecule is CCC(C(=O)OC)N1C(=O)NC(c2ccccc2)C1=O. The largest absolute Gasteiger partial charge is 0.467 e. The fourth-order valence-electron chi connectivity index (χ4n) is 2.25. The van der Waals surface area contributed by atoms with Crippen LogP contribution in [-0.4, -0.2) is 36.0 Å². The highest BCUT2D eigenvalue weighted by atomic mass is 16.5. The van der Waals surface area contributed by atoms with Crippen LogP contribution >= 0.6 is 0 Å². The van der Waals surface area contributed by atoms with Crippen molar-refractivity contribution in [3.8, 4) is 0 Å². The average molecular weight is 276 g/mol. The van der Waals surface area contributed by atoms with Gasteiger partial charge in [0.05, 0.1) is 7.11 Å². The number of methoxy groups -OCH3 is 1. The summed E-state index contributed by atoms with van der Waals surface area (Å²) in [5.74, 6) is -1.02. The van der Waals surface area contributed by atoms with Crippen LogP contribution in [0.15, 0.2) is 30.3 Å². The lowest BCUT2D eigenvalue weighted by Gasteiger charge is -2.21. The lowest BCUT2D eigenvalue weighted by atomic mass is 10.1. The topological polar surface area (TPSA) is 75.7 Å². The molecule has 0 bridgehead atoms. The molecule has 0 radical (unpaired) electrons. The minimum absolute atomic E-state index is 0.313. The molecule has 3 amide bonds. The van der Waals surface area contributed by atoms with Crippen molar-refractivity contribution in [2.24, 2.45) is 0 Å². The summed E-state index contributed by atoms with van der Waals surface area (Å²) in [7, 11) is 1.23. The van der Waals surface area contributed by atoms with Gasteiger partial charge in [-0.2, -0.15) is 0 Å². The van der Waals surface area contributed by atoms with Gasteiger partial charge >= 0.3 is 12.0 Å². The standard InChI is InChI=1S/C14H16N2O4/c1-3-10(13(18)20-2)16-12(17)11(15-14(16)19)9-7-5-4-6-8-9/h4-8,10-11H,3H2,1-2H3,(H,15,19). The maximum absolute atomic E-state index is 12.4. The molecule has 1 saturated heterocycles. The zero-order valence-electron chi connectivity index (χ0n) is 11.3. The Morgan fingerprint density at radius 1 is 1.35 bits per heavy atom. The van der Waals surface area contributed by atoms with Gasteiger partial charge in [0.2, 0.25) is 0 Å². The number of carbonyl (C=O) groups is 3. The van der Waals surface area contributed by atoms with Crippen LogP contribution in [0.1, 0.15) is 24.9 Å². The molecule has 1 fully saturated rings. The maximum atomic E-state index is 12.4. The smallest absolute Gasteiger partial charge is 0.329 e. The summed E-state index contributed by atoms with van der Waals surface area (Å²) < 4.78 is 4.64. The number of ether oxygens (including phenoxy) is 1. The summed E-state index contributed by atoms with van der Waals surface area (Å²) in [6.45, 7) is 1.72. The first-order chi connectivity index (χ1) is 9.60. The number of amides is 3. The molecule has 1 aliphatic rings. The van der Waals surface area contributed by atoms with Crippen LogP contribution in [0.3, 0.4) is 0 Å². The molecule has 1 aromatic carbocycles. The van der Waals surface area contributed by atoms with Crippen molar-refractivity contribution in [1.82, 2.24) is 10.2 Å². The van der Waals surface area contributed by atoms with Crippen LogP contribution in [0.25, 0.3) is 0 Å². The van der Waals surface area contributed by atoms with Crippen molar-refractivity contribution in [3.05, 3.63) is 35.9 Å². The molecule has 1 aliphatic heterocycles. The first kappa shape index (κ1) is 14.0. The summed E-state index contributed by atoms with van der Waals surface area (Å²) in [6.07, 6.45) is 0.313. The van der Waals surface area contributed by atoms with E-state index in [-0.39, 0.29) is 0 Å². The Labute approximate surface area is 116 Å². The monoisotopic (exact) mass is 276 g/mol. The number of benzene rings is 1. The van der Waals surface area contributed by atoms with Crippen LogP contribution in [0.5, 0.6) is 0 Å². The number of rotatable bonds is 4. The minimum Gasteiger partial charge on any atom is -0.467 e. The molecule has 1 aromatic rings. The lowest BCUT2D eigenvalue weighted by Crippen LogP contribution is -2.45. The molecule has 106 valence electrons. The van der Waals surface area contributed by atoms with Crippen molar-refractivity contribution in [2.45, 2.75) is 25.4 Å². The van der Waals surface area contributed by atoms with E-state index in [2.05, 4.69) is 10.1 Å². The van der Waals surface area contributed by atoms with E-state index in [1.807, 2.05) is 6.07 Å². The molecule has 1 N–H and O–H groups in total. The Morgan fingerprint density at radius 2 is 2.00 bits per heavy atom. The Kier molecular flexibility index (Phi) is 4.02. The zero-order chi connectivity index (χ0) is 14.7. The first-order valence-electron chi connectivity index (χ1n) is 6.36. The number of hydrogen-bond donors (Lipinski definition) is 1. The Bertz CT molecular complexity index is 529. The second kappa shape index (κ2) is 5.73. The number of nitrogens with zero attached hydrogens (tertiary/aromatic N) is 1. The lowest BCUT2D eigenvalue weighted by molar-refractivity contribution is -0.149. The van der Waals surface area contributed by atoms with Gasteiger partial charge in [-0.15, -0.1) is 0 Å². The maximum Gasteiger partial charge on any atom is 0.329 e. The normalized spacial score (nSPS) is 19.7. The van der Waals surface area contributed by atoms with Crippen LogP contribution in [0.2, 0.25) is 0 Å². The van der Waals surface area contributed by atoms with Crippen molar-refractivity contribution in [2.75, 3.05) is 7.11 Å². The molecule has 2 unspecified atom stereocenters. The number of hydrogen-bond acceptors (Lipinski definition) is 4. The van der Waals surface area contributed by atoms with Crippen LogP contribution < -0.4 is 5.32 Å². The molecule has 6 nitrogen and oxygen atoms in total. The van der Waals surface area contributed by atoms with Gasteiger partial charge < -0.3 is 10.1 Å². The van der Waals surface area contributed by atoms with Gasteiger partial charge in [0.15, 0.2) is 0 Å². The molecule has 20 heavy (non-hydrogen) atoms. The molecule has 0 spiro atoms. The van der Waals surface area contributed by atoms with E-state index in [4.69, 9.17) is 0 Å². The van der Waals surface area contributed by atoms with E-state index in [0.717, 1.165) is 4.90 Å². The number of urea groups is 1. The van der Waals surface area contributed by atoms with Gasteiger partial charge in [0.1, 0.15) is 12.1 Å². The molecule has 0 saturated carbocycles. The first-order valence-corrected chi connectivity index (χ1v) is 6.36. The molecular weight excluding hydrogens is 260 g/mol. The van der Waals surface area contributed by atoms with Gasteiger partial charge in [0, 0.05) is 0 Å². The predicted octanol–water partition coefficient (Wildman–Crippen LogP) is 1.23. The summed E-state index contributed by atoms with van der Waals surface area (Å²) in [5, 5.41) is 2.59. The van der Waals surface area contributed by atoms with E-state index < -0.39 is 30.0 Å². The molecule has 1 heterocycles. The third-order valence-corrected chi connectivity index (χ3v) is 3.28. The average Bonchev–Trinajstić information content (AvgIpc) is 2.77. The summed E-state index contributed by atoms with van der Waals surface area (Å²) in [6, 6.07) is 6.71. The minimum atomic E-state index is -0.888. The van der Waals surface area contributed by atoms with E-state index in [0.29, 0.717) is 12.0 Å². The van der Waals surface area contributed by atoms with Gasteiger partial charge in [-0.25, -0.2) is 14.5 Å². The van der Waals surface area contributed by atoms with Gasteiger partial charge in [0.25, 0.3) is 5.91 Å². The van der Waals surface area contributed by atoms with E-state index in [1.165, 1.54) is 7.11 Å². The van der Waals surface area contributed by atoms with Crippen molar-refractivity contribution < 1.29 is 19.1 Å². The molecule has 0 aliphatic carbocycles. The highest BCUT2D eigenvalue weighted by molar-refractivity contribution is 6.07. The molecule has 0 aromatic heterocycles. The summed E-state index contributed by atoms with van der Waals surface area (Å²) in [4.78, 5) is 37.0. The molecule has 2 rings (SSSR count). The second-order valence-electron chi connectivity index (χ2n) is 4.45. The van der Waals surface area contributed by atoms with E-state index >= 15 is 0 Å². The zero-order valence-corrected chi connectivity index (χ0v) is 11.3. The number of imide groups is 1. The van der Waals surface area contributed by atoms with Crippen molar-refractivity contribution in [1.29, 1.82) is 0 Å². The van der Waals surface area contributed by atoms with Crippen molar-refractivity contribution >= 4 is 17.9 Å². The number of esters is 1. The number of carbonyl (C=O) groups excluding carboxylic acids is 3. The van der Waals surface area contributed by atoms with Crippen molar-refractivity contribution in [3.63, 3.8) is 0 Å². The van der Waals surface area contributed by atoms with E-state index in [9.17, 15) is 14.4 Å². The molecular formula is C14H16N2O4. The Balaban J connectivity index is 2.27. The number of nitrogens with one attached hydrogen (secondary N) is 1. The van der Waals surface area contributed by atoms with Crippen LogP contribution in [-0.2, 0) is 14.3 Å². The van der Waals surface area contributed by atoms with Crippen LogP contribution in [0.4, 0.5) is 4.79 Å². The predicted molar refractivity (Wildman–Crippen MR) is 70.7 cm³/mol. The molecule has 2 atom stereocenters. The quantitative estimate of drug-likeness (QED) is 0.663. The Hall–Kier alpha value is -2.37. The second-order valence-corrected chi connectivity index (χ2v) is 4.45. The van der Waals surface area contributed by atoms with Gasteiger partial charge in [-0.05, 0) is 12.0 Å². The third kappa shape index (κ3) is 2.36. The van der Waals surface area contributed by atoms with Gasteiger partial charge in [-0.3, -0.25) is 4.79 Å². The van der Waals surface area contributed by atoms with E-state index in [1.54, 1.807) is 31.2 Å². The Morgan fingerprint density at radius 3 is 2.55 bits per heavy atom.